The predicted molar refractivity (Wildman–Crippen MR) is 226 cm³/mol. The number of carbonyl (C=O) groups is 1. The molecule has 3 saturated heterocycles. The summed E-state index contributed by atoms with van der Waals surface area (Å²) in [5, 5.41) is 6.84. The zero-order valence-corrected chi connectivity index (χ0v) is 36.1. The molecule has 63 heavy (non-hydrogen) atoms. The van der Waals surface area contributed by atoms with Crippen LogP contribution in [0.1, 0.15) is 42.4 Å². The highest BCUT2D eigenvalue weighted by Crippen LogP contribution is 2.39. The summed E-state index contributed by atoms with van der Waals surface area (Å²) in [5.41, 5.74) is 13.0. The van der Waals surface area contributed by atoms with Crippen LogP contribution >= 0.6 is 0 Å². The van der Waals surface area contributed by atoms with Crippen LogP contribution in [0.15, 0.2) is 102 Å². The maximum atomic E-state index is 12.9. The van der Waals surface area contributed by atoms with Crippen LogP contribution in [0.25, 0.3) is 10.4 Å². The van der Waals surface area contributed by atoms with Crippen molar-refractivity contribution in [3.05, 3.63) is 130 Å². The SMILES string of the molecule is COc1ccc(CO[C@H]2[C@H](OCc3ccc(OC)cc3)[C@H](O[C@@H]3[C@@H](NC(C)=O)[C@H](N=[N+]=[N-])O[C@@H]4COC(c5ccc(OC)cc5)O[C@@H]34)O[C@@H](C)[C@H]2OCc2ccc(OC)cc2)cc1. The quantitative estimate of drug-likeness (QED) is 0.0644. The first kappa shape index (κ1) is 45.6. The monoisotopic (exact) mass is 870 g/mol. The summed E-state index contributed by atoms with van der Waals surface area (Å²) < 4.78 is 74.8. The minimum atomic E-state index is -1.20. The lowest BCUT2D eigenvalue weighted by atomic mass is 9.93. The number of fused-ring (bicyclic) bond motifs is 1. The molecule has 4 aromatic rings. The fourth-order valence-electron chi connectivity index (χ4n) is 7.79. The zero-order valence-electron chi connectivity index (χ0n) is 36.1. The molecular formula is C46H54N4O13. The van der Waals surface area contributed by atoms with E-state index in [1.54, 1.807) is 40.6 Å². The van der Waals surface area contributed by atoms with Gasteiger partial charge in [-0.25, -0.2) is 0 Å². The van der Waals surface area contributed by atoms with E-state index in [4.69, 9.17) is 56.8 Å². The van der Waals surface area contributed by atoms with Gasteiger partial charge in [-0.15, -0.1) is 0 Å². The summed E-state index contributed by atoms with van der Waals surface area (Å²) in [7, 11) is 6.42. The zero-order chi connectivity index (χ0) is 44.3. The average Bonchev–Trinajstić information content (AvgIpc) is 3.31. The van der Waals surface area contributed by atoms with Gasteiger partial charge in [0.05, 0.1) is 67.0 Å². The lowest BCUT2D eigenvalue weighted by Gasteiger charge is -2.51. The fourth-order valence-corrected chi connectivity index (χ4v) is 7.79. The summed E-state index contributed by atoms with van der Waals surface area (Å²) in [4.78, 5) is 15.9. The molecule has 17 nitrogen and oxygen atoms in total. The number of ether oxygens (including phenoxy) is 12. The minimum absolute atomic E-state index is 0.0552. The maximum absolute atomic E-state index is 12.9. The van der Waals surface area contributed by atoms with Gasteiger partial charge in [0, 0.05) is 17.4 Å². The second kappa shape index (κ2) is 21.8. The largest absolute Gasteiger partial charge is 0.497 e. The van der Waals surface area contributed by atoms with Gasteiger partial charge in [-0.2, -0.15) is 0 Å². The Morgan fingerprint density at radius 1 is 0.667 bits per heavy atom. The third kappa shape index (κ3) is 11.4. The van der Waals surface area contributed by atoms with Gasteiger partial charge in [0.25, 0.3) is 0 Å². The molecule has 0 aliphatic carbocycles. The normalized spacial score (nSPS) is 27.9. The third-order valence-corrected chi connectivity index (χ3v) is 11.1. The average molecular weight is 871 g/mol. The van der Waals surface area contributed by atoms with Crippen molar-refractivity contribution in [3.63, 3.8) is 0 Å². The van der Waals surface area contributed by atoms with Gasteiger partial charge in [-0.05, 0) is 77.7 Å². The molecule has 336 valence electrons. The smallest absolute Gasteiger partial charge is 0.217 e. The van der Waals surface area contributed by atoms with Crippen molar-refractivity contribution in [2.24, 2.45) is 5.11 Å². The first-order chi connectivity index (χ1) is 30.7. The summed E-state index contributed by atoms with van der Waals surface area (Å²) in [6.07, 6.45) is -8.89. The molecule has 3 aliphatic rings. The van der Waals surface area contributed by atoms with Crippen LogP contribution in [0.3, 0.4) is 0 Å². The Bertz CT molecular complexity index is 2100. The molecule has 7 rings (SSSR count). The Labute approximate surface area is 366 Å². The van der Waals surface area contributed by atoms with E-state index in [9.17, 15) is 10.3 Å². The molecule has 0 spiro atoms. The topological polar surface area (TPSA) is 189 Å². The molecule has 1 N–H and O–H groups in total. The number of amides is 1. The van der Waals surface area contributed by atoms with Gasteiger partial charge >= 0.3 is 0 Å². The molecule has 3 aliphatic heterocycles. The first-order valence-electron chi connectivity index (χ1n) is 20.6. The molecule has 0 bridgehead atoms. The van der Waals surface area contributed by atoms with Crippen molar-refractivity contribution < 1.29 is 61.6 Å². The number of hydrogen-bond acceptors (Lipinski definition) is 14. The van der Waals surface area contributed by atoms with E-state index in [0.717, 1.165) is 22.4 Å². The lowest BCUT2D eigenvalue weighted by molar-refractivity contribution is -0.367. The summed E-state index contributed by atoms with van der Waals surface area (Å²) in [6, 6.07) is 28.9. The summed E-state index contributed by atoms with van der Waals surface area (Å²) >= 11 is 0. The molecule has 0 saturated carbocycles. The second-order valence-electron chi connectivity index (χ2n) is 15.2. The van der Waals surface area contributed by atoms with Crippen molar-refractivity contribution in [1.82, 2.24) is 5.32 Å². The van der Waals surface area contributed by atoms with E-state index in [2.05, 4.69) is 15.3 Å². The molecule has 1 amide bonds. The van der Waals surface area contributed by atoms with Crippen molar-refractivity contribution in [1.29, 1.82) is 0 Å². The van der Waals surface area contributed by atoms with Gasteiger partial charge in [0.2, 0.25) is 5.91 Å². The number of azide groups is 1. The van der Waals surface area contributed by atoms with E-state index in [1.807, 2.05) is 91.9 Å². The number of benzene rings is 4. The molecule has 3 heterocycles. The van der Waals surface area contributed by atoms with Crippen LogP contribution in [-0.4, -0.2) is 102 Å². The van der Waals surface area contributed by atoms with Crippen LogP contribution in [-0.2, 0) is 62.5 Å². The number of hydrogen-bond donors (Lipinski definition) is 1. The molecule has 0 aromatic heterocycles. The maximum Gasteiger partial charge on any atom is 0.217 e. The standard InChI is InChI=1S/C46H54N4O13/c1-27-39(56-23-29-7-15-33(52-3)16-8-29)42(57-24-30-9-17-34(53-4)18-10-30)43(58-25-31-11-19-35(54-5)20-12-31)46(60-27)63-41-38(48-28(2)51)44(49-50-47)61-37-26-59-45(62-40(37)41)32-13-21-36(55-6)22-14-32/h7-22,27,37-46H,23-26H2,1-6H3,(H,48,51)/t27-,37+,38+,39+,40+,41+,42+,43-,44+,45?,46-/m0/s1. The number of carbonyl (C=O) groups excluding carboxylic acids is 1. The number of nitrogens with one attached hydrogen (secondary N) is 1. The van der Waals surface area contributed by atoms with Gasteiger partial charge in [0.1, 0.15) is 59.6 Å². The lowest BCUT2D eigenvalue weighted by Crippen LogP contribution is -2.69. The fraction of sp³-hybridized carbons (Fsp3) is 0.457. The Kier molecular flexibility index (Phi) is 15.7. The van der Waals surface area contributed by atoms with Crippen molar-refractivity contribution >= 4 is 5.91 Å². The summed E-state index contributed by atoms with van der Waals surface area (Å²) in [6.45, 7) is 3.82. The van der Waals surface area contributed by atoms with E-state index < -0.39 is 73.5 Å². The number of methoxy groups -OCH3 is 4. The Morgan fingerprint density at radius 3 is 1.62 bits per heavy atom. The van der Waals surface area contributed by atoms with E-state index in [0.29, 0.717) is 22.8 Å². The van der Waals surface area contributed by atoms with Crippen LogP contribution < -0.4 is 24.3 Å². The third-order valence-electron chi connectivity index (χ3n) is 11.1. The van der Waals surface area contributed by atoms with Gasteiger partial charge in [-0.3, -0.25) is 4.79 Å². The van der Waals surface area contributed by atoms with Crippen LogP contribution in [0, 0.1) is 0 Å². The highest BCUT2D eigenvalue weighted by atomic mass is 16.8. The Balaban J connectivity index is 1.25. The van der Waals surface area contributed by atoms with Crippen LogP contribution in [0.2, 0.25) is 0 Å². The molecule has 1 unspecified atom stereocenters. The van der Waals surface area contributed by atoms with Gasteiger partial charge in [0.15, 0.2) is 18.8 Å². The van der Waals surface area contributed by atoms with E-state index in [1.165, 1.54) is 6.92 Å². The van der Waals surface area contributed by atoms with E-state index in [-0.39, 0.29) is 26.4 Å². The van der Waals surface area contributed by atoms with E-state index >= 15 is 0 Å². The number of rotatable bonds is 18. The van der Waals surface area contributed by atoms with Crippen molar-refractivity contribution in [2.45, 2.75) is 101 Å². The van der Waals surface area contributed by atoms with Crippen molar-refractivity contribution in [2.75, 3.05) is 35.0 Å². The molecule has 11 atom stereocenters. The molecule has 3 fully saturated rings. The second-order valence-corrected chi connectivity index (χ2v) is 15.2. The van der Waals surface area contributed by atoms with Crippen molar-refractivity contribution in [3.8, 4) is 23.0 Å². The molecule has 0 radical (unpaired) electrons. The highest BCUT2D eigenvalue weighted by Gasteiger charge is 2.55. The van der Waals surface area contributed by atoms with Gasteiger partial charge in [-0.1, -0.05) is 53.6 Å². The predicted octanol–water partition coefficient (Wildman–Crippen LogP) is 6.56. The minimum Gasteiger partial charge on any atom is -0.497 e. The first-order valence-corrected chi connectivity index (χ1v) is 20.6. The molecule has 4 aromatic carbocycles. The van der Waals surface area contributed by atoms with Crippen LogP contribution in [0.4, 0.5) is 0 Å². The molecule has 17 heteroatoms. The highest BCUT2D eigenvalue weighted by molar-refractivity contribution is 5.73. The summed E-state index contributed by atoms with van der Waals surface area (Å²) in [5.74, 6) is 2.38. The Hall–Kier alpha value is -5.46. The van der Waals surface area contributed by atoms with Crippen LogP contribution in [0.5, 0.6) is 23.0 Å². The number of nitrogens with zero attached hydrogens (tertiary/aromatic N) is 3. The van der Waals surface area contributed by atoms with Gasteiger partial charge < -0.3 is 62.2 Å². The molecular weight excluding hydrogens is 817 g/mol. The Morgan fingerprint density at radius 2 is 1.14 bits per heavy atom.